The highest BCUT2D eigenvalue weighted by Crippen LogP contribution is 2.22. The molecular formula is C12H15BrN2O3S. The van der Waals surface area contributed by atoms with Gasteiger partial charge in [-0.05, 0) is 22.0 Å². The summed E-state index contributed by atoms with van der Waals surface area (Å²) in [7, 11) is 1.51. The van der Waals surface area contributed by atoms with E-state index in [0.29, 0.717) is 31.7 Å². The fourth-order valence-corrected chi connectivity index (χ4v) is 3.11. The lowest BCUT2D eigenvalue weighted by atomic mass is 10.2. The van der Waals surface area contributed by atoms with Crippen molar-refractivity contribution in [1.82, 2.24) is 9.80 Å². The number of rotatable bonds is 3. The third-order valence-corrected chi connectivity index (χ3v) is 4.51. The molecule has 1 saturated heterocycles. The molecule has 1 aliphatic rings. The fraction of sp³-hybridized carbons (Fsp3) is 0.500. The zero-order valence-corrected chi connectivity index (χ0v) is 13.0. The summed E-state index contributed by atoms with van der Waals surface area (Å²) in [5.41, 5.74) is 0.702. The van der Waals surface area contributed by atoms with Gasteiger partial charge >= 0.3 is 0 Å². The van der Waals surface area contributed by atoms with E-state index in [2.05, 4.69) is 15.9 Å². The molecule has 0 unspecified atom stereocenters. The van der Waals surface area contributed by atoms with Crippen LogP contribution in [-0.2, 0) is 9.53 Å². The van der Waals surface area contributed by atoms with Gasteiger partial charge in [-0.2, -0.15) is 0 Å². The van der Waals surface area contributed by atoms with Gasteiger partial charge < -0.3 is 14.5 Å². The largest absolute Gasteiger partial charge is 0.375 e. The van der Waals surface area contributed by atoms with Crippen molar-refractivity contribution in [2.75, 3.05) is 39.9 Å². The van der Waals surface area contributed by atoms with Crippen molar-refractivity contribution in [3.63, 3.8) is 0 Å². The van der Waals surface area contributed by atoms with Crippen molar-refractivity contribution in [1.29, 1.82) is 0 Å². The van der Waals surface area contributed by atoms with Gasteiger partial charge in [0.1, 0.15) is 6.61 Å². The first-order chi connectivity index (χ1) is 9.11. The molecule has 0 radical (unpaired) electrons. The normalized spacial score (nSPS) is 15.7. The van der Waals surface area contributed by atoms with Gasteiger partial charge in [0.2, 0.25) is 5.91 Å². The van der Waals surface area contributed by atoms with E-state index in [1.54, 1.807) is 9.80 Å². The van der Waals surface area contributed by atoms with Crippen LogP contribution in [0.25, 0.3) is 0 Å². The van der Waals surface area contributed by atoms with Crippen LogP contribution in [0.2, 0.25) is 0 Å². The van der Waals surface area contributed by atoms with Crippen molar-refractivity contribution in [3.8, 4) is 0 Å². The van der Waals surface area contributed by atoms with Gasteiger partial charge in [0.05, 0.1) is 9.35 Å². The van der Waals surface area contributed by atoms with E-state index in [1.807, 2.05) is 11.4 Å². The van der Waals surface area contributed by atoms with Gasteiger partial charge in [-0.1, -0.05) is 0 Å². The number of nitrogens with zero attached hydrogens (tertiary/aromatic N) is 2. The van der Waals surface area contributed by atoms with Crippen molar-refractivity contribution in [2.45, 2.75) is 0 Å². The third-order valence-electron chi connectivity index (χ3n) is 3.00. The van der Waals surface area contributed by atoms with Crippen LogP contribution < -0.4 is 0 Å². The second-order valence-corrected chi connectivity index (χ2v) is 6.54. The minimum Gasteiger partial charge on any atom is -0.375 e. The quantitative estimate of drug-likeness (QED) is 0.832. The maximum atomic E-state index is 12.2. The Labute approximate surface area is 124 Å². The maximum Gasteiger partial charge on any atom is 0.254 e. The number of amides is 2. The molecule has 1 aliphatic heterocycles. The molecule has 19 heavy (non-hydrogen) atoms. The highest BCUT2D eigenvalue weighted by atomic mass is 79.9. The van der Waals surface area contributed by atoms with E-state index < -0.39 is 0 Å². The summed E-state index contributed by atoms with van der Waals surface area (Å²) in [6.07, 6.45) is 0. The zero-order valence-electron chi connectivity index (χ0n) is 10.6. The molecule has 0 aromatic carbocycles. The lowest BCUT2D eigenvalue weighted by molar-refractivity contribution is -0.136. The first-order valence-electron chi connectivity index (χ1n) is 5.92. The van der Waals surface area contributed by atoms with Crippen LogP contribution in [0.15, 0.2) is 15.2 Å². The third kappa shape index (κ3) is 3.55. The Kier molecular flexibility index (Phi) is 4.95. The molecule has 2 heterocycles. The van der Waals surface area contributed by atoms with Gasteiger partial charge in [0.15, 0.2) is 0 Å². The Morgan fingerprint density at radius 2 is 1.95 bits per heavy atom. The summed E-state index contributed by atoms with van der Waals surface area (Å²) < 4.78 is 5.78. The number of piperazine rings is 1. The summed E-state index contributed by atoms with van der Waals surface area (Å²) in [5, 5.41) is 1.84. The zero-order chi connectivity index (χ0) is 13.8. The van der Waals surface area contributed by atoms with Crippen LogP contribution in [0.3, 0.4) is 0 Å². The summed E-state index contributed by atoms with van der Waals surface area (Å²) in [4.78, 5) is 27.4. The van der Waals surface area contributed by atoms with E-state index >= 15 is 0 Å². The average molecular weight is 347 g/mol. The molecule has 5 nitrogen and oxygen atoms in total. The van der Waals surface area contributed by atoms with E-state index in [-0.39, 0.29) is 18.4 Å². The highest BCUT2D eigenvalue weighted by molar-refractivity contribution is 9.11. The maximum absolute atomic E-state index is 12.2. The minimum absolute atomic E-state index is 0.0205. The van der Waals surface area contributed by atoms with Crippen LogP contribution in [0.5, 0.6) is 0 Å². The number of thiophene rings is 1. The smallest absolute Gasteiger partial charge is 0.254 e. The van der Waals surface area contributed by atoms with Gasteiger partial charge in [0, 0.05) is 38.7 Å². The van der Waals surface area contributed by atoms with Gasteiger partial charge in [0.25, 0.3) is 5.91 Å². The highest BCUT2D eigenvalue weighted by Gasteiger charge is 2.25. The van der Waals surface area contributed by atoms with Gasteiger partial charge in [-0.15, -0.1) is 11.3 Å². The second kappa shape index (κ2) is 6.49. The van der Waals surface area contributed by atoms with E-state index in [9.17, 15) is 9.59 Å². The van der Waals surface area contributed by atoms with E-state index in [1.165, 1.54) is 18.4 Å². The van der Waals surface area contributed by atoms with Crippen LogP contribution in [0, 0.1) is 0 Å². The lowest BCUT2D eigenvalue weighted by Crippen LogP contribution is -2.51. The van der Waals surface area contributed by atoms with Crippen molar-refractivity contribution in [3.05, 3.63) is 20.8 Å². The Bertz CT molecular complexity index is 469. The monoisotopic (exact) mass is 346 g/mol. The number of ether oxygens (including phenoxy) is 1. The standard InChI is InChI=1S/C12H15BrN2O3S/c1-18-7-11(16)14-2-4-15(5-3-14)12(17)9-6-10(13)19-8-9/h6,8H,2-5,7H2,1H3. The summed E-state index contributed by atoms with van der Waals surface area (Å²) in [5.74, 6) is 0.00803. The number of halogens is 1. The average Bonchev–Trinajstić information content (AvgIpc) is 2.85. The molecule has 2 amide bonds. The number of carbonyl (C=O) groups is 2. The molecule has 0 bridgehead atoms. The van der Waals surface area contributed by atoms with Crippen molar-refractivity contribution < 1.29 is 14.3 Å². The predicted molar refractivity (Wildman–Crippen MR) is 76.4 cm³/mol. The SMILES string of the molecule is COCC(=O)N1CCN(C(=O)c2csc(Br)c2)CC1. The molecule has 104 valence electrons. The fourth-order valence-electron chi connectivity index (χ4n) is 1.98. The molecule has 0 spiro atoms. The Morgan fingerprint density at radius 1 is 1.32 bits per heavy atom. The molecule has 1 aromatic heterocycles. The van der Waals surface area contributed by atoms with Crippen molar-refractivity contribution >= 4 is 39.1 Å². The van der Waals surface area contributed by atoms with Gasteiger partial charge in [-0.3, -0.25) is 9.59 Å². The van der Waals surface area contributed by atoms with Crippen LogP contribution >= 0.6 is 27.3 Å². The molecule has 0 saturated carbocycles. The number of methoxy groups -OCH3 is 1. The molecular weight excluding hydrogens is 332 g/mol. The molecule has 2 rings (SSSR count). The Morgan fingerprint density at radius 3 is 2.47 bits per heavy atom. The predicted octanol–water partition coefficient (Wildman–Crippen LogP) is 1.44. The molecule has 0 aliphatic carbocycles. The molecule has 1 fully saturated rings. The lowest BCUT2D eigenvalue weighted by Gasteiger charge is -2.34. The number of hydrogen-bond donors (Lipinski definition) is 0. The summed E-state index contributed by atoms with van der Waals surface area (Å²) in [6.45, 7) is 2.38. The summed E-state index contributed by atoms with van der Waals surface area (Å²) >= 11 is 4.85. The molecule has 1 aromatic rings. The molecule has 0 atom stereocenters. The second-order valence-electron chi connectivity index (χ2n) is 4.25. The number of hydrogen-bond acceptors (Lipinski definition) is 4. The van der Waals surface area contributed by atoms with E-state index in [0.717, 1.165) is 3.79 Å². The van der Waals surface area contributed by atoms with Crippen LogP contribution in [0.1, 0.15) is 10.4 Å². The number of carbonyl (C=O) groups excluding carboxylic acids is 2. The minimum atomic E-state index is -0.0205. The Hall–Kier alpha value is -0.920. The topological polar surface area (TPSA) is 49.9 Å². The first-order valence-corrected chi connectivity index (χ1v) is 7.59. The van der Waals surface area contributed by atoms with Crippen molar-refractivity contribution in [2.24, 2.45) is 0 Å². The van der Waals surface area contributed by atoms with E-state index in [4.69, 9.17) is 4.74 Å². The first kappa shape index (κ1) is 14.5. The Balaban J connectivity index is 1.89. The summed E-state index contributed by atoms with van der Waals surface area (Å²) in [6, 6.07) is 1.83. The molecule has 7 heteroatoms. The van der Waals surface area contributed by atoms with Gasteiger partial charge in [-0.25, -0.2) is 0 Å². The van der Waals surface area contributed by atoms with Crippen LogP contribution in [-0.4, -0.2) is 61.5 Å². The van der Waals surface area contributed by atoms with Crippen LogP contribution in [0.4, 0.5) is 0 Å². The molecule has 0 N–H and O–H groups in total.